The van der Waals surface area contributed by atoms with Crippen molar-refractivity contribution < 1.29 is 14.7 Å². The number of carboxylic acid groups (broad SMARTS) is 1. The SMILES string of the molecule is CC(C=O)(Cc1ccccc1)NC(=O)O. The van der Waals surface area contributed by atoms with Gasteiger partial charge in [-0.1, -0.05) is 30.3 Å². The molecule has 0 aliphatic carbocycles. The van der Waals surface area contributed by atoms with E-state index in [1.54, 1.807) is 6.92 Å². The predicted molar refractivity (Wildman–Crippen MR) is 55.8 cm³/mol. The van der Waals surface area contributed by atoms with Gasteiger partial charge in [-0.15, -0.1) is 0 Å². The largest absolute Gasteiger partial charge is 0.465 e. The summed E-state index contributed by atoms with van der Waals surface area (Å²) in [7, 11) is 0. The molecule has 0 saturated carbocycles. The maximum Gasteiger partial charge on any atom is 0.405 e. The minimum absolute atomic E-state index is 0.351. The van der Waals surface area contributed by atoms with Crippen LogP contribution >= 0.6 is 0 Å². The molecule has 4 nitrogen and oxygen atoms in total. The summed E-state index contributed by atoms with van der Waals surface area (Å²) in [6.07, 6.45) is -0.224. The van der Waals surface area contributed by atoms with Crippen LogP contribution in [-0.4, -0.2) is 23.0 Å². The number of carbonyl (C=O) groups excluding carboxylic acids is 1. The Hall–Kier alpha value is -1.84. The van der Waals surface area contributed by atoms with Crippen LogP contribution in [0.5, 0.6) is 0 Å². The second-order valence-electron chi connectivity index (χ2n) is 3.63. The molecule has 0 aromatic heterocycles. The Balaban J connectivity index is 2.76. The first-order chi connectivity index (χ1) is 7.06. The van der Waals surface area contributed by atoms with Gasteiger partial charge in [-0.25, -0.2) is 4.79 Å². The number of carbonyl (C=O) groups is 2. The highest BCUT2D eigenvalue weighted by Gasteiger charge is 2.25. The average Bonchev–Trinajstić information content (AvgIpc) is 2.18. The summed E-state index contributed by atoms with van der Waals surface area (Å²) in [4.78, 5) is 21.3. The van der Waals surface area contributed by atoms with Gasteiger partial charge in [-0.3, -0.25) is 0 Å². The molecule has 1 rings (SSSR count). The van der Waals surface area contributed by atoms with Crippen molar-refractivity contribution in [2.24, 2.45) is 0 Å². The molecule has 1 unspecified atom stereocenters. The minimum Gasteiger partial charge on any atom is -0.465 e. The summed E-state index contributed by atoms with van der Waals surface area (Å²) >= 11 is 0. The van der Waals surface area contributed by atoms with Crippen molar-refractivity contribution in [2.45, 2.75) is 18.9 Å². The van der Waals surface area contributed by atoms with E-state index in [9.17, 15) is 9.59 Å². The van der Waals surface area contributed by atoms with E-state index in [0.717, 1.165) is 5.56 Å². The molecule has 0 radical (unpaired) electrons. The average molecular weight is 207 g/mol. The number of amides is 1. The van der Waals surface area contributed by atoms with Gasteiger partial charge >= 0.3 is 6.09 Å². The second-order valence-corrected chi connectivity index (χ2v) is 3.63. The number of hydrogen-bond acceptors (Lipinski definition) is 2. The lowest BCUT2D eigenvalue weighted by atomic mass is 9.94. The lowest BCUT2D eigenvalue weighted by Gasteiger charge is -2.22. The molecule has 1 amide bonds. The summed E-state index contributed by atoms with van der Waals surface area (Å²) in [5.74, 6) is 0. The van der Waals surface area contributed by atoms with Crippen molar-refractivity contribution in [3.63, 3.8) is 0 Å². The van der Waals surface area contributed by atoms with E-state index in [1.807, 2.05) is 30.3 Å². The number of hydrogen-bond donors (Lipinski definition) is 2. The van der Waals surface area contributed by atoms with Crippen molar-refractivity contribution in [3.8, 4) is 0 Å². The third kappa shape index (κ3) is 3.42. The standard InChI is InChI=1S/C11H13NO3/c1-11(8-13,12-10(14)15)7-9-5-3-2-4-6-9/h2-6,8,12H,7H2,1H3,(H,14,15). The fraction of sp³-hybridized carbons (Fsp3) is 0.273. The zero-order chi connectivity index (χ0) is 11.3. The summed E-state index contributed by atoms with van der Waals surface area (Å²) in [6.45, 7) is 1.56. The summed E-state index contributed by atoms with van der Waals surface area (Å²) in [5.41, 5.74) is -0.145. The van der Waals surface area contributed by atoms with Gasteiger partial charge < -0.3 is 15.2 Å². The molecule has 0 heterocycles. The second kappa shape index (κ2) is 4.59. The van der Waals surface area contributed by atoms with Crippen LogP contribution in [0.3, 0.4) is 0 Å². The van der Waals surface area contributed by atoms with Gasteiger partial charge in [-0.05, 0) is 12.5 Å². The van der Waals surface area contributed by atoms with Gasteiger partial charge in [0.2, 0.25) is 0 Å². The first-order valence-corrected chi connectivity index (χ1v) is 4.57. The molecule has 1 aromatic carbocycles. The van der Waals surface area contributed by atoms with Gasteiger partial charge in [0.05, 0.1) is 5.54 Å². The molecule has 1 aromatic rings. The first-order valence-electron chi connectivity index (χ1n) is 4.57. The van der Waals surface area contributed by atoms with Crippen LogP contribution in [-0.2, 0) is 11.2 Å². The van der Waals surface area contributed by atoms with Crippen LogP contribution in [0.2, 0.25) is 0 Å². The van der Waals surface area contributed by atoms with E-state index in [-0.39, 0.29) is 0 Å². The van der Waals surface area contributed by atoms with Gasteiger partial charge in [0.25, 0.3) is 0 Å². The molecule has 0 bridgehead atoms. The fourth-order valence-corrected chi connectivity index (χ4v) is 1.38. The molecule has 1 atom stereocenters. The molecule has 0 fully saturated rings. The normalized spacial score (nSPS) is 13.9. The van der Waals surface area contributed by atoms with Crippen LogP contribution in [0.1, 0.15) is 12.5 Å². The highest BCUT2D eigenvalue weighted by molar-refractivity contribution is 5.75. The number of rotatable bonds is 4. The quantitative estimate of drug-likeness (QED) is 0.734. The summed E-state index contributed by atoms with van der Waals surface area (Å²) in [5, 5.41) is 10.8. The van der Waals surface area contributed by atoms with E-state index in [2.05, 4.69) is 5.32 Å². The molecule has 0 spiro atoms. The highest BCUT2D eigenvalue weighted by Crippen LogP contribution is 2.10. The van der Waals surface area contributed by atoms with Crippen LogP contribution < -0.4 is 5.32 Å². The molecule has 4 heteroatoms. The Morgan fingerprint density at radius 2 is 2.07 bits per heavy atom. The molecular formula is C11H13NO3. The van der Waals surface area contributed by atoms with Crippen molar-refractivity contribution in [3.05, 3.63) is 35.9 Å². The third-order valence-corrected chi connectivity index (χ3v) is 2.07. The maximum atomic E-state index is 10.8. The van der Waals surface area contributed by atoms with Crippen LogP contribution in [0, 0.1) is 0 Å². The van der Waals surface area contributed by atoms with E-state index < -0.39 is 11.6 Å². The highest BCUT2D eigenvalue weighted by atomic mass is 16.4. The molecule has 0 aliphatic rings. The van der Waals surface area contributed by atoms with E-state index in [4.69, 9.17) is 5.11 Å². The van der Waals surface area contributed by atoms with Crippen LogP contribution in [0.25, 0.3) is 0 Å². The molecule has 0 aliphatic heterocycles. The van der Waals surface area contributed by atoms with E-state index in [1.165, 1.54) is 0 Å². The Bertz CT molecular complexity index is 350. The minimum atomic E-state index is -1.19. The Labute approximate surface area is 87.9 Å². The van der Waals surface area contributed by atoms with Crippen LogP contribution in [0.4, 0.5) is 4.79 Å². The molecular weight excluding hydrogens is 194 g/mol. The monoisotopic (exact) mass is 207 g/mol. The third-order valence-electron chi connectivity index (χ3n) is 2.07. The van der Waals surface area contributed by atoms with Crippen molar-refractivity contribution in [2.75, 3.05) is 0 Å². The zero-order valence-corrected chi connectivity index (χ0v) is 8.43. The van der Waals surface area contributed by atoms with Crippen LogP contribution in [0.15, 0.2) is 30.3 Å². The fourth-order valence-electron chi connectivity index (χ4n) is 1.38. The topological polar surface area (TPSA) is 66.4 Å². The zero-order valence-electron chi connectivity index (χ0n) is 8.43. The lowest BCUT2D eigenvalue weighted by molar-refractivity contribution is -0.112. The molecule has 15 heavy (non-hydrogen) atoms. The van der Waals surface area contributed by atoms with Crippen molar-refractivity contribution in [1.29, 1.82) is 0 Å². The maximum absolute atomic E-state index is 10.8. The number of aldehydes is 1. The molecule has 80 valence electrons. The van der Waals surface area contributed by atoms with E-state index >= 15 is 0 Å². The Kier molecular flexibility index (Phi) is 3.44. The smallest absolute Gasteiger partial charge is 0.405 e. The Morgan fingerprint density at radius 3 is 2.53 bits per heavy atom. The molecule has 0 saturated heterocycles. The van der Waals surface area contributed by atoms with Gasteiger partial charge in [0.15, 0.2) is 0 Å². The number of benzene rings is 1. The summed E-state index contributed by atoms with van der Waals surface area (Å²) in [6, 6.07) is 9.27. The number of nitrogens with one attached hydrogen (secondary N) is 1. The van der Waals surface area contributed by atoms with Crippen molar-refractivity contribution >= 4 is 12.4 Å². The van der Waals surface area contributed by atoms with Gasteiger partial charge in [0.1, 0.15) is 6.29 Å². The first kappa shape index (κ1) is 11.2. The van der Waals surface area contributed by atoms with Gasteiger partial charge in [0, 0.05) is 6.42 Å². The van der Waals surface area contributed by atoms with Crippen molar-refractivity contribution in [1.82, 2.24) is 5.32 Å². The Morgan fingerprint density at radius 1 is 1.47 bits per heavy atom. The molecule has 2 N–H and O–H groups in total. The lowest BCUT2D eigenvalue weighted by Crippen LogP contribution is -2.48. The summed E-state index contributed by atoms with van der Waals surface area (Å²) < 4.78 is 0. The predicted octanol–water partition coefficient (Wildman–Crippen LogP) is 1.45. The van der Waals surface area contributed by atoms with Gasteiger partial charge in [-0.2, -0.15) is 0 Å². The van der Waals surface area contributed by atoms with E-state index in [0.29, 0.717) is 12.7 Å².